The van der Waals surface area contributed by atoms with Gasteiger partial charge in [0, 0.05) is 25.0 Å². The summed E-state index contributed by atoms with van der Waals surface area (Å²) in [7, 11) is 0. The van der Waals surface area contributed by atoms with Gasteiger partial charge in [-0.25, -0.2) is 14.1 Å². The van der Waals surface area contributed by atoms with E-state index >= 15 is 0 Å². The SMILES string of the molecule is O=C(O)C=CC(=O)O.c1ccn2nc(COCCCCN3CCCCCC3)cc2c1. The number of carboxylic acids is 2. The van der Waals surface area contributed by atoms with E-state index in [4.69, 9.17) is 14.9 Å². The number of carboxylic acid groups (broad SMARTS) is 2. The third-order valence-electron chi connectivity index (χ3n) is 4.75. The lowest BCUT2D eigenvalue weighted by Crippen LogP contribution is -2.25. The Hall–Kier alpha value is -2.71. The van der Waals surface area contributed by atoms with Gasteiger partial charge in [-0.2, -0.15) is 5.10 Å². The van der Waals surface area contributed by atoms with Crippen LogP contribution in [0.5, 0.6) is 0 Å². The number of hydrogen-bond acceptors (Lipinski definition) is 5. The van der Waals surface area contributed by atoms with Crippen LogP contribution in [0, 0.1) is 0 Å². The molecule has 0 amide bonds. The normalized spacial score (nSPS) is 14.9. The molecule has 8 nitrogen and oxygen atoms in total. The fourth-order valence-corrected chi connectivity index (χ4v) is 3.28. The number of hydrogen-bond donors (Lipinski definition) is 2. The zero-order chi connectivity index (χ0) is 21.6. The van der Waals surface area contributed by atoms with Gasteiger partial charge in [-0.15, -0.1) is 0 Å². The van der Waals surface area contributed by atoms with Gasteiger partial charge in [-0.3, -0.25) is 0 Å². The van der Waals surface area contributed by atoms with E-state index in [-0.39, 0.29) is 0 Å². The van der Waals surface area contributed by atoms with E-state index < -0.39 is 11.9 Å². The lowest BCUT2D eigenvalue weighted by Gasteiger charge is -2.19. The average molecular weight is 418 g/mol. The Labute approximate surface area is 176 Å². The number of aliphatic carboxylic acids is 2. The lowest BCUT2D eigenvalue weighted by atomic mass is 10.2. The van der Waals surface area contributed by atoms with E-state index in [0.717, 1.165) is 24.2 Å². The maximum Gasteiger partial charge on any atom is 0.328 e. The molecule has 1 saturated heterocycles. The number of carbonyl (C=O) groups is 2. The van der Waals surface area contributed by atoms with Crippen LogP contribution in [0.15, 0.2) is 42.6 Å². The Bertz CT molecular complexity index is 761. The molecule has 2 aromatic heterocycles. The van der Waals surface area contributed by atoms with E-state index in [1.165, 1.54) is 51.7 Å². The summed E-state index contributed by atoms with van der Waals surface area (Å²) in [4.78, 5) is 21.7. The Balaban J connectivity index is 0.000000343. The van der Waals surface area contributed by atoms with Gasteiger partial charge in [-0.1, -0.05) is 18.9 Å². The number of pyridine rings is 1. The van der Waals surface area contributed by atoms with Gasteiger partial charge < -0.3 is 19.8 Å². The van der Waals surface area contributed by atoms with Crippen molar-refractivity contribution < 1.29 is 24.5 Å². The van der Waals surface area contributed by atoms with Crippen LogP contribution < -0.4 is 0 Å². The van der Waals surface area contributed by atoms with Crippen LogP contribution in [-0.4, -0.2) is 62.9 Å². The van der Waals surface area contributed by atoms with Crippen LogP contribution in [0.25, 0.3) is 5.52 Å². The number of aromatic nitrogens is 2. The van der Waals surface area contributed by atoms with Crippen LogP contribution in [0.4, 0.5) is 0 Å². The molecule has 1 aliphatic rings. The second-order valence-corrected chi connectivity index (χ2v) is 7.23. The highest BCUT2D eigenvalue weighted by Gasteiger charge is 2.08. The predicted molar refractivity (Wildman–Crippen MR) is 113 cm³/mol. The molecule has 30 heavy (non-hydrogen) atoms. The van der Waals surface area contributed by atoms with E-state index in [0.29, 0.717) is 18.8 Å². The second kappa shape index (κ2) is 13.5. The van der Waals surface area contributed by atoms with Gasteiger partial charge in [0.15, 0.2) is 0 Å². The van der Waals surface area contributed by atoms with Crippen LogP contribution in [0.2, 0.25) is 0 Å². The summed E-state index contributed by atoms with van der Waals surface area (Å²) in [6, 6.07) is 8.19. The van der Waals surface area contributed by atoms with Crippen molar-refractivity contribution in [3.05, 3.63) is 48.3 Å². The van der Waals surface area contributed by atoms with Crippen molar-refractivity contribution in [1.82, 2.24) is 14.5 Å². The summed E-state index contributed by atoms with van der Waals surface area (Å²) in [6.07, 6.45) is 11.1. The smallest absolute Gasteiger partial charge is 0.328 e. The summed E-state index contributed by atoms with van der Waals surface area (Å²) in [5, 5.41) is 20.1. The molecular formula is C22H31N3O5. The molecule has 0 bridgehead atoms. The van der Waals surface area contributed by atoms with Crippen molar-refractivity contribution in [3.8, 4) is 0 Å². The third-order valence-corrected chi connectivity index (χ3v) is 4.75. The first-order valence-electron chi connectivity index (χ1n) is 10.4. The highest BCUT2D eigenvalue weighted by atomic mass is 16.5. The number of rotatable bonds is 9. The fourth-order valence-electron chi connectivity index (χ4n) is 3.28. The van der Waals surface area contributed by atoms with Crippen molar-refractivity contribution in [2.24, 2.45) is 0 Å². The van der Waals surface area contributed by atoms with Gasteiger partial charge in [-0.05, 0) is 63.5 Å². The van der Waals surface area contributed by atoms with Crippen LogP contribution in [0.3, 0.4) is 0 Å². The first-order chi connectivity index (χ1) is 14.5. The summed E-state index contributed by atoms with van der Waals surface area (Å²) in [5.74, 6) is -2.51. The standard InChI is InChI=1S/C18H27N3O.C4H4O4/c1-2-5-11-20(10-4-1)12-7-8-14-22-16-17-15-18-9-3-6-13-21(18)19-17;5-3(6)1-2-4(7)8/h3,6,9,13,15H,1-2,4-5,7-8,10-12,14,16H2;1-2H,(H,5,6)(H,7,8). The number of ether oxygens (including phenoxy) is 1. The molecule has 164 valence electrons. The predicted octanol–water partition coefficient (Wildman–Crippen LogP) is 3.22. The first kappa shape index (κ1) is 23.6. The van der Waals surface area contributed by atoms with Gasteiger partial charge >= 0.3 is 11.9 Å². The van der Waals surface area contributed by atoms with Gasteiger partial charge in [0.2, 0.25) is 0 Å². The highest BCUT2D eigenvalue weighted by Crippen LogP contribution is 2.11. The maximum atomic E-state index is 9.55. The highest BCUT2D eigenvalue weighted by molar-refractivity contribution is 5.89. The Morgan fingerprint density at radius 1 is 1.03 bits per heavy atom. The Morgan fingerprint density at radius 2 is 1.73 bits per heavy atom. The molecule has 0 aromatic carbocycles. The number of likely N-dealkylation sites (tertiary alicyclic amines) is 1. The van der Waals surface area contributed by atoms with Crippen molar-refractivity contribution in [1.29, 1.82) is 0 Å². The molecule has 0 spiro atoms. The summed E-state index contributed by atoms with van der Waals surface area (Å²) in [6.45, 7) is 5.27. The van der Waals surface area contributed by atoms with Crippen LogP contribution in [-0.2, 0) is 20.9 Å². The first-order valence-corrected chi connectivity index (χ1v) is 10.4. The number of fused-ring (bicyclic) bond motifs is 1. The monoisotopic (exact) mass is 417 g/mol. The van der Waals surface area contributed by atoms with Gasteiger partial charge in [0.25, 0.3) is 0 Å². The van der Waals surface area contributed by atoms with Gasteiger partial charge in [0.1, 0.15) is 0 Å². The molecule has 1 aliphatic heterocycles. The van der Waals surface area contributed by atoms with E-state index in [1.54, 1.807) is 0 Å². The molecule has 1 fully saturated rings. The third kappa shape index (κ3) is 9.67. The van der Waals surface area contributed by atoms with E-state index in [2.05, 4.69) is 22.1 Å². The molecule has 3 rings (SSSR count). The molecule has 8 heteroatoms. The number of unbranched alkanes of at least 4 members (excludes halogenated alkanes) is 1. The van der Waals surface area contributed by atoms with Crippen molar-refractivity contribution in [3.63, 3.8) is 0 Å². The van der Waals surface area contributed by atoms with E-state index in [9.17, 15) is 9.59 Å². The van der Waals surface area contributed by atoms with Crippen LogP contribution in [0.1, 0.15) is 44.2 Å². The summed E-state index contributed by atoms with van der Waals surface area (Å²) < 4.78 is 7.67. The largest absolute Gasteiger partial charge is 0.478 e. The molecule has 3 heterocycles. The van der Waals surface area contributed by atoms with Gasteiger partial charge in [0.05, 0.1) is 17.8 Å². The minimum Gasteiger partial charge on any atom is -0.478 e. The summed E-state index contributed by atoms with van der Waals surface area (Å²) in [5.41, 5.74) is 2.14. The topological polar surface area (TPSA) is 104 Å². The molecule has 2 aromatic rings. The molecule has 0 aliphatic carbocycles. The summed E-state index contributed by atoms with van der Waals surface area (Å²) >= 11 is 0. The minimum absolute atomic E-state index is 0.558. The molecule has 2 N–H and O–H groups in total. The zero-order valence-electron chi connectivity index (χ0n) is 17.3. The minimum atomic E-state index is -1.26. The zero-order valence-corrected chi connectivity index (χ0v) is 17.3. The lowest BCUT2D eigenvalue weighted by molar-refractivity contribution is -0.134. The quantitative estimate of drug-likeness (QED) is 0.477. The van der Waals surface area contributed by atoms with Crippen molar-refractivity contribution >= 4 is 17.5 Å². The average Bonchev–Trinajstić information content (AvgIpc) is 2.96. The van der Waals surface area contributed by atoms with E-state index in [1.807, 2.05) is 22.8 Å². The molecule has 0 saturated carbocycles. The molecule has 0 atom stereocenters. The van der Waals surface area contributed by atoms with Crippen molar-refractivity contribution in [2.75, 3.05) is 26.2 Å². The number of nitrogens with zero attached hydrogens (tertiary/aromatic N) is 3. The molecule has 0 radical (unpaired) electrons. The maximum absolute atomic E-state index is 9.55. The Kier molecular flexibility index (Phi) is 10.6. The molecule has 0 unspecified atom stereocenters. The molecular weight excluding hydrogens is 386 g/mol. The van der Waals surface area contributed by atoms with Crippen molar-refractivity contribution in [2.45, 2.75) is 45.1 Å². The fraction of sp³-hybridized carbons (Fsp3) is 0.500. The van der Waals surface area contributed by atoms with Crippen LogP contribution >= 0.6 is 0 Å². The Morgan fingerprint density at radius 3 is 2.37 bits per heavy atom. The second-order valence-electron chi connectivity index (χ2n) is 7.23.